The van der Waals surface area contributed by atoms with Crippen molar-refractivity contribution in [3.63, 3.8) is 0 Å². The van der Waals surface area contributed by atoms with Crippen LogP contribution >= 0.6 is 0 Å². The number of benzene rings is 1. The Bertz CT molecular complexity index is 501. The highest BCUT2D eigenvalue weighted by Crippen LogP contribution is 2.54. The molecule has 0 amide bonds. The molecule has 1 aromatic carbocycles. The van der Waals surface area contributed by atoms with E-state index < -0.39 is 0 Å². The summed E-state index contributed by atoms with van der Waals surface area (Å²) in [7, 11) is 0. The van der Waals surface area contributed by atoms with Gasteiger partial charge in [-0.25, -0.2) is 0 Å². The molecule has 0 aliphatic heterocycles. The third-order valence-electron chi connectivity index (χ3n) is 3.22. The summed E-state index contributed by atoms with van der Waals surface area (Å²) in [5, 5.41) is 3.97. The second-order valence-corrected chi connectivity index (χ2v) is 4.51. The van der Waals surface area contributed by atoms with E-state index in [4.69, 9.17) is 10.3 Å². The van der Waals surface area contributed by atoms with Gasteiger partial charge in [-0.15, -0.1) is 0 Å². The largest absolute Gasteiger partial charge is 0.368 e. The minimum atomic E-state index is 0.407. The van der Waals surface area contributed by atoms with Crippen molar-refractivity contribution < 1.29 is 4.52 Å². The number of nitrogens with two attached hydrogens (primary N) is 1. The van der Waals surface area contributed by atoms with E-state index in [2.05, 4.69) is 36.3 Å². The number of hydrogen-bond donors (Lipinski definition) is 1. The molecule has 1 heterocycles. The zero-order valence-electron chi connectivity index (χ0n) is 9.18. The Morgan fingerprint density at radius 3 is 2.62 bits per heavy atom. The lowest BCUT2D eigenvalue weighted by molar-refractivity contribution is 0.427. The lowest BCUT2D eigenvalue weighted by Crippen LogP contribution is -1.84. The van der Waals surface area contributed by atoms with E-state index in [0.29, 0.717) is 17.7 Å². The molecule has 2 atom stereocenters. The maximum Gasteiger partial charge on any atom is 0.222 e. The van der Waals surface area contributed by atoms with Crippen molar-refractivity contribution in [2.24, 2.45) is 0 Å². The van der Waals surface area contributed by atoms with Gasteiger partial charge in [0.15, 0.2) is 0 Å². The molecule has 1 saturated carbocycles. The third-order valence-corrected chi connectivity index (χ3v) is 3.22. The molecule has 1 aliphatic carbocycles. The summed E-state index contributed by atoms with van der Waals surface area (Å²) in [4.78, 5) is 0. The number of aromatic nitrogens is 1. The predicted molar refractivity (Wildman–Crippen MR) is 62.2 cm³/mol. The lowest BCUT2D eigenvalue weighted by Gasteiger charge is -1.99. The van der Waals surface area contributed by atoms with E-state index in [1.54, 1.807) is 0 Å². The molecule has 0 bridgehead atoms. The van der Waals surface area contributed by atoms with Crippen LogP contribution in [-0.2, 0) is 0 Å². The number of aryl methyl sites for hydroxylation is 1. The Morgan fingerprint density at radius 2 is 2.00 bits per heavy atom. The fraction of sp³-hybridized carbons (Fsp3) is 0.308. The van der Waals surface area contributed by atoms with Gasteiger partial charge in [0.1, 0.15) is 0 Å². The van der Waals surface area contributed by atoms with Gasteiger partial charge in [-0.3, -0.25) is 0 Å². The van der Waals surface area contributed by atoms with Crippen LogP contribution in [0.15, 0.2) is 34.9 Å². The monoisotopic (exact) mass is 214 g/mol. The summed E-state index contributed by atoms with van der Waals surface area (Å²) in [5.74, 6) is 1.48. The van der Waals surface area contributed by atoms with Gasteiger partial charge in [-0.05, 0) is 24.8 Å². The molecule has 3 rings (SSSR count). The number of nitrogen functional groups attached to an aromatic ring is 1. The highest BCUT2D eigenvalue weighted by molar-refractivity contribution is 5.37. The Balaban J connectivity index is 1.79. The average molecular weight is 214 g/mol. The molecule has 0 spiro atoms. The van der Waals surface area contributed by atoms with Crippen molar-refractivity contribution >= 4 is 5.88 Å². The zero-order chi connectivity index (χ0) is 11.1. The van der Waals surface area contributed by atoms with Crippen LogP contribution in [0.25, 0.3) is 0 Å². The van der Waals surface area contributed by atoms with E-state index in [-0.39, 0.29) is 0 Å². The molecule has 0 saturated heterocycles. The van der Waals surface area contributed by atoms with Crippen LogP contribution in [0.1, 0.15) is 35.1 Å². The van der Waals surface area contributed by atoms with Crippen LogP contribution in [0.2, 0.25) is 0 Å². The number of hydrogen-bond acceptors (Lipinski definition) is 3. The van der Waals surface area contributed by atoms with Crippen LogP contribution in [0.4, 0.5) is 5.88 Å². The molecule has 2 N–H and O–H groups in total. The van der Waals surface area contributed by atoms with Gasteiger partial charge in [0, 0.05) is 12.0 Å². The van der Waals surface area contributed by atoms with Gasteiger partial charge in [-0.2, -0.15) is 0 Å². The van der Waals surface area contributed by atoms with Crippen molar-refractivity contribution in [3.8, 4) is 0 Å². The van der Waals surface area contributed by atoms with E-state index in [9.17, 15) is 0 Å². The van der Waals surface area contributed by atoms with Gasteiger partial charge in [0.05, 0.1) is 5.69 Å². The molecule has 1 aromatic heterocycles. The average Bonchev–Trinajstić information content (AvgIpc) is 2.96. The fourth-order valence-corrected chi connectivity index (χ4v) is 2.18. The summed E-state index contributed by atoms with van der Waals surface area (Å²) >= 11 is 0. The van der Waals surface area contributed by atoms with Crippen LogP contribution in [0.5, 0.6) is 0 Å². The Hall–Kier alpha value is -1.77. The zero-order valence-corrected chi connectivity index (χ0v) is 9.18. The first-order chi connectivity index (χ1) is 7.74. The maximum atomic E-state index is 5.52. The minimum absolute atomic E-state index is 0.407. The standard InChI is InChI=1S/C13H14N2O/c1-8-2-4-9(5-3-8)10-6-11(10)12-7-13(14)16-15-12/h2-5,7,10-11H,6,14H2,1H3/t10-,11-/m1/s1. The molecule has 1 aliphatic rings. The van der Waals surface area contributed by atoms with Crippen LogP contribution in [0.3, 0.4) is 0 Å². The quantitative estimate of drug-likeness (QED) is 0.836. The van der Waals surface area contributed by atoms with Crippen LogP contribution < -0.4 is 5.73 Å². The van der Waals surface area contributed by atoms with Crippen molar-refractivity contribution in [1.29, 1.82) is 0 Å². The van der Waals surface area contributed by atoms with Crippen molar-refractivity contribution in [3.05, 3.63) is 47.2 Å². The summed E-state index contributed by atoms with van der Waals surface area (Å²) in [6, 6.07) is 10.5. The van der Waals surface area contributed by atoms with Crippen molar-refractivity contribution in [2.45, 2.75) is 25.2 Å². The summed E-state index contributed by atoms with van der Waals surface area (Å²) in [6.45, 7) is 2.10. The first-order valence-corrected chi connectivity index (χ1v) is 5.52. The summed E-state index contributed by atoms with van der Waals surface area (Å²) < 4.78 is 4.90. The molecule has 0 unspecified atom stereocenters. The molecular weight excluding hydrogens is 200 g/mol. The van der Waals surface area contributed by atoms with Gasteiger partial charge in [0.2, 0.25) is 5.88 Å². The summed E-state index contributed by atoms with van der Waals surface area (Å²) in [5.41, 5.74) is 9.19. The van der Waals surface area contributed by atoms with Crippen molar-refractivity contribution in [1.82, 2.24) is 5.16 Å². The normalized spacial score (nSPS) is 23.3. The Labute approximate surface area is 94.2 Å². The van der Waals surface area contributed by atoms with Gasteiger partial charge >= 0.3 is 0 Å². The van der Waals surface area contributed by atoms with E-state index in [1.165, 1.54) is 11.1 Å². The molecule has 82 valence electrons. The van der Waals surface area contributed by atoms with Gasteiger partial charge in [0.25, 0.3) is 0 Å². The van der Waals surface area contributed by atoms with Crippen LogP contribution in [-0.4, -0.2) is 5.16 Å². The Kier molecular flexibility index (Phi) is 1.99. The SMILES string of the molecule is Cc1ccc([C@H]2C[C@H]2c2cc(N)on2)cc1. The van der Waals surface area contributed by atoms with Crippen LogP contribution in [0, 0.1) is 6.92 Å². The molecule has 16 heavy (non-hydrogen) atoms. The van der Waals surface area contributed by atoms with Crippen molar-refractivity contribution in [2.75, 3.05) is 5.73 Å². The second kappa shape index (κ2) is 3.37. The van der Waals surface area contributed by atoms with E-state index in [0.717, 1.165) is 12.1 Å². The molecule has 3 heteroatoms. The number of nitrogens with zero attached hydrogens (tertiary/aromatic N) is 1. The van der Waals surface area contributed by atoms with Gasteiger partial charge < -0.3 is 10.3 Å². The first kappa shape index (κ1) is 9.46. The second-order valence-electron chi connectivity index (χ2n) is 4.51. The highest BCUT2D eigenvalue weighted by Gasteiger charge is 2.41. The van der Waals surface area contributed by atoms with E-state index in [1.807, 2.05) is 6.07 Å². The molecule has 2 aromatic rings. The molecular formula is C13H14N2O. The highest BCUT2D eigenvalue weighted by atomic mass is 16.5. The molecule has 3 nitrogen and oxygen atoms in total. The third kappa shape index (κ3) is 1.58. The topological polar surface area (TPSA) is 52.0 Å². The summed E-state index contributed by atoms with van der Waals surface area (Å²) in [6.07, 6.45) is 1.15. The smallest absolute Gasteiger partial charge is 0.222 e. The first-order valence-electron chi connectivity index (χ1n) is 5.52. The maximum absolute atomic E-state index is 5.52. The predicted octanol–water partition coefficient (Wildman–Crippen LogP) is 2.84. The molecule has 1 fully saturated rings. The van der Waals surface area contributed by atoms with E-state index >= 15 is 0 Å². The minimum Gasteiger partial charge on any atom is -0.368 e. The lowest BCUT2D eigenvalue weighted by atomic mass is 10.1. The number of rotatable bonds is 2. The van der Waals surface area contributed by atoms with Gasteiger partial charge in [-0.1, -0.05) is 35.0 Å². The number of anilines is 1. The Morgan fingerprint density at radius 1 is 1.25 bits per heavy atom. The fourth-order valence-electron chi connectivity index (χ4n) is 2.18. The molecule has 0 radical (unpaired) electrons.